The number of methoxy groups -OCH3 is 2. The molecule has 1 aliphatic rings. The predicted octanol–water partition coefficient (Wildman–Crippen LogP) is 0.932. The minimum atomic E-state index is -0.741. The van der Waals surface area contributed by atoms with E-state index in [1.807, 2.05) is 24.3 Å². The number of hydrogen-bond acceptors (Lipinski definition) is 5. The minimum absolute atomic E-state index is 0.178. The van der Waals surface area contributed by atoms with Crippen LogP contribution in [0.5, 0.6) is 5.75 Å². The number of esters is 1. The van der Waals surface area contributed by atoms with Gasteiger partial charge in [-0.25, -0.2) is 4.79 Å². The molecule has 2 atom stereocenters. The van der Waals surface area contributed by atoms with Crippen molar-refractivity contribution in [1.29, 1.82) is 0 Å². The first-order chi connectivity index (χ1) is 10.7. The van der Waals surface area contributed by atoms with Gasteiger partial charge in [0.1, 0.15) is 11.8 Å². The third-order valence-electron chi connectivity index (χ3n) is 3.72. The zero-order valence-electron chi connectivity index (χ0n) is 12.8. The molecular formula is C16H21NO5. The number of rotatable bonds is 6. The molecule has 120 valence electrons. The van der Waals surface area contributed by atoms with Gasteiger partial charge in [-0.1, -0.05) is 18.2 Å². The topological polar surface area (TPSA) is 73.9 Å². The number of carbonyl (C=O) groups is 2. The Hall–Kier alpha value is -2.08. The zero-order chi connectivity index (χ0) is 15.9. The molecule has 6 nitrogen and oxygen atoms in total. The lowest BCUT2D eigenvalue weighted by Crippen LogP contribution is -2.45. The highest BCUT2D eigenvalue weighted by Gasteiger charge is 2.29. The summed E-state index contributed by atoms with van der Waals surface area (Å²) < 4.78 is 15.3. The van der Waals surface area contributed by atoms with Crippen molar-refractivity contribution in [2.24, 2.45) is 5.92 Å². The van der Waals surface area contributed by atoms with E-state index in [0.717, 1.165) is 5.56 Å². The lowest BCUT2D eigenvalue weighted by Gasteiger charge is -2.19. The summed E-state index contributed by atoms with van der Waals surface area (Å²) in [6.45, 7) is 0.974. The summed E-state index contributed by atoms with van der Waals surface area (Å²) in [6, 6.07) is 6.65. The molecule has 0 saturated carbocycles. The Morgan fingerprint density at radius 1 is 1.36 bits per heavy atom. The molecule has 0 spiro atoms. The maximum atomic E-state index is 12.2. The van der Waals surface area contributed by atoms with Crippen molar-refractivity contribution >= 4 is 11.9 Å². The average Bonchev–Trinajstić information content (AvgIpc) is 3.08. The number of carbonyl (C=O) groups excluding carboxylic acids is 2. The minimum Gasteiger partial charge on any atom is -0.496 e. The molecule has 1 saturated heterocycles. The van der Waals surface area contributed by atoms with Crippen LogP contribution in [-0.2, 0) is 25.5 Å². The molecule has 1 fully saturated rings. The fourth-order valence-corrected chi connectivity index (χ4v) is 2.46. The molecule has 0 aromatic heterocycles. The predicted molar refractivity (Wildman–Crippen MR) is 79.6 cm³/mol. The second-order valence-electron chi connectivity index (χ2n) is 5.16. The van der Waals surface area contributed by atoms with Crippen molar-refractivity contribution in [3.63, 3.8) is 0 Å². The van der Waals surface area contributed by atoms with Crippen molar-refractivity contribution in [1.82, 2.24) is 5.32 Å². The van der Waals surface area contributed by atoms with E-state index in [1.165, 1.54) is 7.11 Å². The van der Waals surface area contributed by atoms with Gasteiger partial charge >= 0.3 is 5.97 Å². The van der Waals surface area contributed by atoms with Crippen LogP contribution in [0, 0.1) is 5.92 Å². The summed E-state index contributed by atoms with van der Waals surface area (Å²) in [4.78, 5) is 24.1. The van der Waals surface area contributed by atoms with Crippen LogP contribution in [0.4, 0.5) is 0 Å². The smallest absolute Gasteiger partial charge is 0.328 e. The van der Waals surface area contributed by atoms with Crippen LogP contribution < -0.4 is 10.1 Å². The van der Waals surface area contributed by atoms with Gasteiger partial charge in [-0.15, -0.1) is 0 Å². The lowest BCUT2D eigenvalue weighted by atomic mass is 10.0. The molecule has 0 bridgehead atoms. The van der Waals surface area contributed by atoms with Gasteiger partial charge < -0.3 is 19.5 Å². The van der Waals surface area contributed by atoms with E-state index in [2.05, 4.69) is 5.32 Å². The normalized spacial score (nSPS) is 18.5. The highest BCUT2D eigenvalue weighted by atomic mass is 16.5. The third-order valence-corrected chi connectivity index (χ3v) is 3.72. The first-order valence-corrected chi connectivity index (χ1v) is 7.23. The molecule has 1 heterocycles. The Balaban J connectivity index is 2.08. The van der Waals surface area contributed by atoms with Gasteiger partial charge in [0, 0.05) is 13.0 Å². The molecule has 22 heavy (non-hydrogen) atoms. The van der Waals surface area contributed by atoms with Crippen LogP contribution in [0.1, 0.15) is 12.0 Å². The monoisotopic (exact) mass is 307 g/mol. The summed E-state index contributed by atoms with van der Waals surface area (Å²) >= 11 is 0. The molecule has 1 aliphatic heterocycles. The van der Waals surface area contributed by atoms with Gasteiger partial charge in [0.15, 0.2) is 0 Å². The first kappa shape index (κ1) is 16.3. The second kappa shape index (κ2) is 7.79. The number of hydrogen-bond donors (Lipinski definition) is 1. The van der Waals surface area contributed by atoms with Crippen molar-refractivity contribution in [3.05, 3.63) is 29.8 Å². The van der Waals surface area contributed by atoms with E-state index in [-0.39, 0.29) is 11.8 Å². The maximum absolute atomic E-state index is 12.2. The van der Waals surface area contributed by atoms with Gasteiger partial charge in [0.05, 0.1) is 26.7 Å². The molecule has 1 aromatic carbocycles. The Bertz CT molecular complexity index is 525. The highest BCUT2D eigenvalue weighted by Crippen LogP contribution is 2.20. The van der Waals surface area contributed by atoms with Crippen LogP contribution in [0.2, 0.25) is 0 Å². The summed E-state index contributed by atoms with van der Waals surface area (Å²) in [5.41, 5.74) is 0.836. The van der Waals surface area contributed by atoms with Crippen molar-refractivity contribution < 1.29 is 23.8 Å². The fourth-order valence-electron chi connectivity index (χ4n) is 2.46. The first-order valence-electron chi connectivity index (χ1n) is 7.23. The number of benzene rings is 1. The van der Waals surface area contributed by atoms with E-state index in [9.17, 15) is 9.59 Å². The van der Waals surface area contributed by atoms with Crippen LogP contribution in [0.25, 0.3) is 0 Å². The summed E-state index contributed by atoms with van der Waals surface area (Å²) in [5.74, 6) is -0.180. The van der Waals surface area contributed by atoms with Crippen LogP contribution in [0.15, 0.2) is 24.3 Å². The highest BCUT2D eigenvalue weighted by molar-refractivity contribution is 5.86. The lowest BCUT2D eigenvalue weighted by molar-refractivity contribution is -0.145. The quantitative estimate of drug-likeness (QED) is 0.792. The molecule has 1 aromatic rings. The average molecular weight is 307 g/mol. The number of amides is 1. The Morgan fingerprint density at radius 3 is 2.77 bits per heavy atom. The molecule has 1 N–H and O–H groups in total. The van der Waals surface area contributed by atoms with Crippen molar-refractivity contribution in [3.8, 4) is 5.75 Å². The van der Waals surface area contributed by atoms with E-state index in [1.54, 1.807) is 7.11 Å². The second-order valence-corrected chi connectivity index (χ2v) is 5.16. The van der Waals surface area contributed by atoms with Gasteiger partial charge in [-0.2, -0.15) is 0 Å². The Morgan fingerprint density at radius 2 is 2.14 bits per heavy atom. The van der Waals surface area contributed by atoms with Gasteiger partial charge in [0.25, 0.3) is 0 Å². The number of nitrogens with one attached hydrogen (secondary N) is 1. The Kier molecular flexibility index (Phi) is 5.77. The Labute approximate surface area is 129 Å². The SMILES string of the molecule is COC(=O)[C@H](Cc1ccccc1OC)NC(=O)[C@H]1CCOC1. The van der Waals surface area contributed by atoms with Crippen LogP contribution >= 0.6 is 0 Å². The van der Waals surface area contributed by atoms with Crippen LogP contribution in [-0.4, -0.2) is 45.4 Å². The van der Waals surface area contributed by atoms with Gasteiger partial charge in [-0.05, 0) is 18.1 Å². The molecule has 0 radical (unpaired) electrons. The molecule has 1 amide bonds. The van der Waals surface area contributed by atoms with E-state index >= 15 is 0 Å². The van der Waals surface area contributed by atoms with Crippen molar-refractivity contribution in [2.75, 3.05) is 27.4 Å². The van der Waals surface area contributed by atoms with E-state index < -0.39 is 12.0 Å². The molecular weight excluding hydrogens is 286 g/mol. The number of para-hydroxylation sites is 1. The van der Waals surface area contributed by atoms with Gasteiger partial charge in [0.2, 0.25) is 5.91 Å². The molecule has 0 unspecified atom stereocenters. The van der Waals surface area contributed by atoms with E-state index in [4.69, 9.17) is 14.2 Å². The van der Waals surface area contributed by atoms with Crippen LogP contribution in [0.3, 0.4) is 0 Å². The summed E-state index contributed by atoms with van der Waals surface area (Å²) in [5, 5.41) is 2.76. The van der Waals surface area contributed by atoms with E-state index in [0.29, 0.717) is 31.8 Å². The number of ether oxygens (including phenoxy) is 3. The summed E-state index contributed by atoms with van der Waals surface area (Å²) in [7, 11) is 2.88. The molecule has 2 rings (SSSR count). The van der Waals surface area contributed by atoms with Gasteiger partial charge in [-0.3, -0.25) is 4.79 Å². The summed E-state index contributed by atoms with van der Waals surface area (Å²) in [6.07, 6.45) is 0.990. The van der Waals surface area contributed by atoms with Crippen molar-refractivity contribution in [2.45, 2.75) is 18.9 Å². The fraction of sp³-hybridized carbons (Fsp3) is 0.500. The molecule has 6 heteroatoms. The largest absolute Gasteiger partial charge is 0.496 e. The third kappa shape index (κ3) is 3.98. The standard InChI is InChI=1S/C16H21NO5/c1-20-14-6-4-3-5-11(14)9-13(16(19)21-2)17-15(18)12-7-8-22-10-12/h3-6,12-13H,7-10H2,1-2H3,(H,17,18)/t12-,13-/m0/s1. The maximum Gasteiger partial charge on any atom is 0.328 e. The zero-order valence-corrected chi connectivity index (χ0v) is 12.8. The molecule has 0 aliphatic carbocycles.